The lowest BCUT2D eigenvalue weighted by molar-refractivity contribution is -0.485. The number of ether oxygens (including phenoxy) is 2. The highest BCUT2D eigenvalue weighted by atomic mass is 16.6. The third-order valence-electron chi connectivity index (χ3n) is 3.69. The number of carbonyl (C=O) groups excluding carboxylic acids is 3. The van der Waals surface area contributed by atoms with Gasteiger partial charge in [0, 0.05) is 4.92 Å². The molecule has 10 heteroatoms. The van der Waals surface area contributed by atoms with Crippen molar-refractivity contribution >= 4 is 18.0 Å². The zero-order valence-electron chi connectivity index (χ0n) is 15.1. The molecule has 25 heavy (non-hydrogen) atoms. The third kappa shape index (κ3) is 5.87. The summed E-state index contributed by atoms with van der Waals surface area (Å²) in [6, 6.07) is -2.63. The SMILES string of the molecule is COC(=O)C1CCC(C[N+](=O)[O-])N1C(=O)C(C)NC(=O)OC(C)(C)C. The van der Waals surface area contributed by atoms with Gasteiger partial charge >= 0.3 is 12.1 Å². The molecule has 1 aliphatic rings. The summed E-state index contributed by atoms with van der Waals surface area (Å²) in [6.45, 7) is 6.00. The summed E-state index contributed by atoms with van der Waals surface area (Å²) in [5.74, 6) is -1.23. The lowest BCUT2D eigenvalue weighted by Gasteiger charge is -2.30. The van der Waals surface area contributed by atoms with E-state index in [4.69, 9.17) is 4.74 Å². The van der Waals surface area contributed by atoms with Gasteiger partial charge in [-0.15, -0.1) is 0 Å². The fourth-order valence-corrected chi connectivity index (χ4v) is 2.70. The molecule has 0 aliphatic carbocycles. The Hall–Kier alpha value is -2.39. The second-order valence-electron chi connectivity index (χ2n) is 6.90. The van der Waals surface area contributed by atoms with Gasteiger partial charge in [-0.2, -0.15) is 0 Å². The van der Waals surface area contributed by atoms with E-state index in [1.54, 1.807) is 20.8 Å². The molecule has 0 spiro atoms. The van der Waals surface area contributed by atoms with Crippen molar-refractivity contribution in [1.82, 2.24) is 10.2 Å². The first-order valence-electron chi connectivity index (χ1n) is 7.97. The molecule has 0 aromatic rings. The zero-order chi connectivity index (χ0) is 19.4. The average Bonchev–Trinajstić information content (AvgIpc) is 2.86. The van der Waals surface area contributed by atoms with Gasteiger partial charge in [0.25, 0.3) is 0 Å². The molecule has 1 heterocycles. The summed E-state index contributed by atoms with van der Waals surface area (Å²) in [7, 11) is 1.19. The lowest BCUT2D eigenvalue weighted by Crippen LogP contribution is -2.55. The highest BCUT2D eigenvalue weighted by Gasteiger charge is 2.45. The van der Waals surface area contributed by atoms with E-state index in [2.05, 4.69) is 10.1 Å². The summed E-state index contributed by atoms with van der Waals surface area (Å²) in [6.07, 6.45) is -0.199. The molecule has 0 radical (unpaired) electrons. The van der Waals surface area contributed by atoms with Gasteiger partial charge in [-0.3, -0.25) is 14.9 Å². The normalized spacial score (nSPS) is 21.4. The van der Waals surface area contributed by atoms with Gasteiger partial charge in [0.05, 0.1) is 13.2 Å². The molecule has 0 aromatic heterocycles. The van der Waals surface area contributed by atoms with Gasteiger partial charge in [0.1, 0.15) is 17.7 Å². The Bertz CT molecular complexity index is 544. The number of likely N-dealkylation sites (tertiary alicyclic amines) is 1. The van der Waals surface area contributed by atoms with Gasteiger partial charge in [-0.1, -0.05) is 0 Å². The van der Waals surface area contributed by atoms with Crippen molar-refractivity contribution < 1.29 is 28.8 Å². The van der Waals surface area contributed by atoms with Gasteiger partial charge in [0.15, 0.2) is 0 Å². The first-order chi connectivity index (χ1) is 11.5. The van der Waals surface area contributed by atoms with E-state index in [1.807, 2.05) is 0 Å². The maximum atomic E-state index is 12.7. The Labute approximate surface area is 146 Å². The van der Waals surface area contributed by atoms with E-state index in [0.29, 0.717) is 6.42 Å². The fourth-order valence-electron chi connectivity index (χ4n) is 2.70. The van der Waals surface area contributed by atoms with Gasteiger partial charge in [-0.05, 0) is 40.5 Å². The molecule has 1 rings (SSSR count). The highest BCUT2D eigenvalue weighted by Crippen LogP contribution is 2.26. The standard InChI is InChI=1S/C15H25N3O7/c1-9(16-14(21)25-15(2,3)4)12(19)18-10(8-17(22)23)6-7-11(18)13(20)24-5/h9-11H,6-8H2,1-5H3,(H,16,21). The van der Waals surface area contributed by atoms with Crippen molar-refractivity contribution in [2.24, 2.45) is 0 Å². The monoisotopic (exact) mass is 359 g/mol. The Morgan fingerprint density at radius 2 is 1.92 bits per heavy atom. The maximum absolute atomic E-state index is 12.7. The molecule has 1 N–H and O–H groups in total. The molecule has 1 fully saturated rings. The van der Waals surface area contributed by atoms with Crippen LogP contribution >= 0.6 is 0 Å². The van der Waals surface area contributed by atoms with Crippen LogP contribution in [-0.2, 0) is 19.1 Å². The van der Waals surface area contributed by atoms with E-state index >= 15 is 0 Å². The van der Waals surface area contributed by atoms with Crippen LogP contribution in [0.15, 0.2) is 0 Å². The van der Waals surface area contributed by atoms with E-state index in [9.17, 15) is 24.5 Å². The fraction of sp³-hybridized carbons (Fsp3) is 0.800. The molecule has 3 unspecified atom stereocenters. The smallest absolute Gasteiger partial charge is 0.408 e. The van der Waals surface area contributed by atoms with E-state index in [0.717, 1.165) is 4.90 Å². The van der Waals surface area contributed by atoms with Crippen molar-refractivity contribution in [3.8, 4) is 0 Å². The molecule has 3 atom stereocenters. The molecule has 1 saturated heterocycles. The molecule has 2 amide bonds. The van der Waals surface area contributed by atoms with Gasteiger partial charge in [-0.25, -0.2) is 9.59 Å². The highest BCUT2D eigenvalue weighted by molar-refractivity contribution is 5.90. The van der Waals surface area contributed by atoms with Gasteiger partial charge in [0.2, 0.25) is 12.5 Å². The largest absolute Gasteiger partial charge is 0.467 e. The number of hydrogen-bond acceptors (Lipinski definition) is 7. The molecular formula is C15H25N3O7. The van der Waals surface area contributed by atoms with Crippen LogP contribution in [0.4, 0.5) is 4.79 Å². The van der Waals surface area contributed by atoms with E-state index in [-0.39, 0.29) is 6.42 Å². The quantitative estimate of drug-likeness (QED) is 0.435. The zero-order valence-corrected chi connectivity index (χ0v) is 15.1. The lowest BCUT2D eigenvalue weighted by atomic mass is 10.2. The van der Waals surface area contributed by atoms with Crippen molar-refractivity contribution in [1.29, 1.82) is 0 Å². The molecule has 142 valence electrons. The Balaban J connectivity index is 2.88. The number of nitrogens with one attached hydrogen (secondary N) is 1. The van der Waals surface area contributed by atoms with Crippen LogP contribution in [0.5, 0.6) is 0 Å². The summed E-state index contributed by atoms with van der Waals surface area (Å²) in [5, 5.41) is 13.2. The number of amides is 2. The van der Waals surface area contributed by atoms with Crippen LogP contribution in [0.2, 0.25) is 0 Å². The van der Waals surface area contributed by atoms with Crippen LogP contribution in [0.3, 0.4) is 0 Å². The average molecular weight is 359 g/mol. The van der Waals surface area contributed by atoms with Crippen LogP contribution in [0.1, 0.15) is 40.5 Å². The number of hydrogen-bond donors (Lipinski definition) is 1. The van der Waals surface area contributed by atoms with Crippen molar-refractivity contribution in [3.63, 3.8) is 0 Å². The summed E-state index contributed by atoms with van der Waals surface area (Å²) in [5.41, 5.74) is -0.733. The minimum atomic E-state index is -1.01. The molecule has 1 aliphatic heterocycles. The van der Waals surface area contributed by atoms with Crippen molar-refractivity contribution in [2.45, 2.75) is 64.3 Å². The minimum absolute atomic E-state index is 0.274. The first-order valence-corrected chi connectivity index (χ1v) is 7.97. The number of nitrogens with zero attached hydrogens (tertiary/aromatic N) is 2. The minimum Gasteiger partial charge on any atom is -0.467 e. The van der Waals surface area contributed by atoms with Gasteiger partial charge < -0.3 is 19.7 Å². The van der Waals surface area contributed by atoms with Crippen LogP contribution in [-0.4, -0.2) is 65.2 Å². The van der Waals surface area contributed by atoms with Crippen molar-refractivity contribution in [2.75, 3.05) is 13.7 Å². The van der Waals surface area contributed by atoms with Crippen molar-refractivity contribution in [3.05, 3.63) is 10.1 Å². The van der Waals surface area contributed by atoms with Crippen LogP contribution in [0, 0.1) is 10.1 Å². The third-order valence-corrected chi connectivity index (χ3v) is 3.69. The summed E-state index contributed by atoms with van der Waals surface area (Å²) < 4.78 is 9.77. The predicted octanol–water partition coefficient (Wildman–Crippen LogP) is 0.709. The number of carbonyl (C=O) groups is 3. The first kappa shape index (κ1) is 20.7. The molecular weight excluding hydrogens is 334 g/mol. The Kier molecular flexibility index (Phi) is 6.71. The maximum Gasteiger partial charge on any atom is 0.408 e. The van der Waals surface area contributed by atoms with E-state index < -0.39 is 53.2 Å². The number of esters is 1. The molecule has 0 saturated carbocycles. The van der Waals surface area contributed by atoms with Crippen LogP contribution in [0.25, 0.3) is 0 Å². The topological polar surface area (TPSA) is 128 Å². The Morgan fingerprint density at radius 1 is 1.32 bits per heavy atom. The summed E-state index contributed by atoms with van der Waals surface area (Å²) >= 11 is 0. The predicted molar refractivity (Wildman–Crippen MR) is 86.4 cm³/mol. The molecule has 10 nitrogen and oxygen atoms in total. The number of alkyl carbamates (subject to hydrolysis) is 1. The number of rotatable bonds is 5. The van der Waals surface area contributed by atoms with E-state index in [1.165, 1.54) is 14.0 Å². The summed E-state index contributed by atoms with van der Waals surface area (Å²) in [4.78, 5) is 47.9. The molecule has 0 bridgehead atoms. The molecule has 0 aromatic carbocycles. The Morgan fingerprint density at radius 3 is 2.40 bits per heavy atom. The second-order valence-corrected chi connectivity index (χ2v) is 6.90. The number of nitro groups is 1. The number of methoxy groups -OCH3 is 1. The van der Waals surface area contributed by atoms with Crippen LogP contribution < -0.4 is 5.32 Å². The second kappa shape index (κ2) is 8.13.